The molecule has 12 heavy (non-hydrogen) atoms. The van der Waals surface area contributed by atoms with E-state index in [9.17, 15) is 4.79 Å². The molecule has 0 aliphatic rings. The van der Waals surface area contributed by atoms with Crippen LogP contribution in [0.25, 0.3) is 0 Å². The molecule has 0 unspecified atom stereocenters. The van der Waals surface area contributed by atoms with Crippen LogP contribution in [0.4, 0.5) is 0 Å². The molecule has 0 heterocycles. The van der Waals surface area contributed by atoms with Crippen LogP contribution in [0.1, 0.15) is 20.3 Å². The van der Waals surface area contributed by atoms with Crippen molar-refractivity contribution in [3.05, 3.63) is 36.0 Å². The summed E-state index contributed by atoms with van der Waals surface area (Å²) in [5.74, 6) is -0.376. The summed E-state index contributed by atoms with van der Waals surface area (Å²) in [5, 5.41) is 0. The third kappa shape index (κ3) is 3.76. The normalized spacial score (nSPS) is 12.8. The summed E-state index contributed by atoms with van der Waals surface area (Å²) in [4.78, 5) is 10.7. The Hall–Kier alpha value is -1.31. The first-order chi connectivity index (χ1) is 5.61. The molecule has 0 bridgehead atoms. The number of carbonyl (C=O) groups excluding carboxylic acids is 1. The SMILES string of the molecule is C=C/C=C(\C=C(/C)C(N)=O)CC. The molecule has 0 rings (SSSR count). The van der Waals surface area contributed by atoms with Crippen LogP contribution in [-0.2, 0) is 4.79 Å². The highest BCUT2D eigenvalue weighted by atomic mass is 16.1. The van der Waals surface area contributed by atoms with E-state index < -0.39 is 0 Å². The monoisotopic (exact) mass is 165 g/mol. The summed E-state index contributed by atoms with van der Waals surface area (Å²) < 4.78 is 0. The first kappa shape index (κ1) is 10.7. The molecule has 0 radical (unpaired) electrons. The number of primary amides is 1. The van der Waals surface area contributed by atoms with E-state index in [1.165, 1.54) is 0 Å². The summed E-state index contributed by atoms with van der Waals surface area (Å²) in [6, 6.07) is 0. The number of hydrogen-bond acceptors (Lipinski definition) is 1. The molecule has 0 aliphatic heterocycles. The van der Waals surface area contributed by atoms with E-state index in [0.717, 1.165) is 12.0 Å². The van der Waals surface area contributed by atoms with Crippen LogP contribution in [0.15, 0.2) is 36.0 Å². The first-order valence-corrected chi connectivity index (χ1v) is 3.91. The van der Waals surface area contributed by atoms with Gasteiger partial charge in [0.1, 0.15) is 0 Å². The lowest BCUT2D eigenvalue weighted by Gasteiger charge is -1.97. The molecule has 2 heteroatoms. The van der Waals surface area contributed by atoms with Crippen LogP contribution in [0.5, 0.6) is 0 Å². The third-order valence-electron chi connectivity index (χ3n) is 1.53. The second-order valence-electron chi connectivity index (χ2n) is 2.52. The Balaban J connectivity index is 4.57. The van der Waals surface area contributed by atoms with Crippen molar-refractivity contribution in [3.8, 4) is 0 Å². The molecule has 0 spiro atoms. The van der Waals surface area contributed by atoms with Gasteiger partial charge in [-0.2, -0.15) is 0 Å². The Morgan fingerprint density at radius 2 is 2.17 bits per heavy atom. The van der Waals surface area contributed by atoms with E-state index in [1.54, 1.807) is 19.1 Å². The third-order valence-corrected chi connectivity index (χ3v) is 1.53. The van der Waals surface area contributed by atoms with Crippen molar-refractivity contribution in [1.82, 2.24) is 0 Å². The van der Waals surface area contributed by atoms with E-state index in [0.29, 0.717) is 5.57 Å². The maximum absolute atomic E-state index is 10.7. The van der Waals surface area contributed by atoms with Gasteiger partial charge in [0, 0.05) is 5.57 Å². The minimum Gasteiger partial charge on any atom is -0.366 e. The van der Waals surface area contributed by atoms with Crippen molar-refractivity contribution in [2.45, 2.75) is 20.3 Å². The number of nitrogens with two attached hydrogens (primary N) is 1. The molecule has 2 N–H and O–H groups in total. The van der Waals surface area contributed by atoms with Crippen LogP contribution >= 0.6 is 0 Å². The predicted octanol–water partition coefficient (Wildman–Crippen LogP) is 1.94. The average molecular weight is 165 g/mol. The fourth-order valence-electron chi connectivity index (χ4n) is 0.769. The second-order valence-corrected chi connectivity index (χ2v) is 2.52. The van der Waals surface area contributed by atoms with Gasteiger partial charge in [-0.1, -0.05) is 31.7 Å². The van der Waals surface area contributed by atoms with E-state index >= 15 is 0 Å². The molecule has 0 saturated carbocycles. The predicted molar refractivity (Wildman–Crippen MR) is 51.5 cm³/mol. The van der Waals surface area contributed by atoms with Crippen LogP contribution < -0.4 is 5.73 Å². The fourth-order valence-corrected chi connectivity index (χ4v) is 0.769. The van der Waals surface area contributed by atoms with Gasteiger partial charge in [0.2, 0.25) is 5.91 Å². The Morgan fingerprint density at radius 3 is 2.50 bits per heavy atom. The lowest BCUT2D eigenvalue weighted by molar-refractivity contribution is -0.114. The van der Waals surface area contributed by atoms with E-state index in [1.807, 2.05) is 13.0 Å². The van der Waals surface area contributed by atoms with Gasteiger partial charge in [-0.3, -0.25) is 4.79 Å². The summed E-state index contributed by atoms with van der Waals surface area (Å²) in [6.07, 6.45) is 6.22. The Labute approximate surface area is 73.5 Å². The Kier molecular flexibility index (Phi) is 4.77. The summed E-state index contributed by atoms with van der Waals surface area (Å²) in [5.41, 5.74) is 6.71. The Bertz CT molecular complexity index is 236. The average Bonchev–Trinajstić information content (AvgIpc) is 2.03. The molecule has 0 fully saturated rings. The number of rotatable bonds is 4. The molecule has 0 aromatic rings. The fraction of sp³-hybridized carbons (Fsp3) is 0.300. The largest absolute Gasteiger partial charge is 0.366 e. The molecular weight excluding hydrogens is 150 g/mol. The quantitative estimate of drug-likeness (QED) is 0.502. The number of hydrogen-bond donors (Lipinski definition) is 1. The first-order valence-electron chi connectivity index (χ1n) is 3.91. The highest BCUT2D eigenvalue weighted by molar-refractivity contribution is 5.91. The van der Waals surface area contributed by atoms with Crippen molar-refractivity contribution in [2.24, 2.45) is 5.73 Å². The highest BCUT2D eigenvalue weighted by Crippen LogP contribution is 2.06. The minimum atomic E-state index is -0.376. The summed E-state index contributed by atoms with van der Waals surface area (Å²) in [7, 11) is 0. The zero-order chi connectivity index (χ0) is 9.56. The Morgan fingerprint density at radius 1 is 1.58 bits per heavy atom. The number of carbonyl (C=O) groups is 1. The molecule has 0 aromatic carbocycles. The number of amides is 1. The van der Waals surface area contributed by atoms with Gasteiger partial charge in [-0.15, -0.1) is 0 Å². The van der Waals surface area contributed by atoms with Crippen LogP contribution in [0, 0.1) is 0 Å². The van der Waals surface area contributed by atoms with Gasteiger partial charge >= 0.3 is 0 Å². The molecule has 0 aliphatic carbocycles. The number of allylic oxidation sites excluding steroid dienone is 4. The molecule has 66 valence electrons. The van der Waals surface area contributed by atoms with Gasteiger partial charge in [-0.25, -0.2) is 0 Å². The van der Waals surface area contributed by atoms with E-state index in [-0.39, 0.29) is 5.91 Å². The topological polar surface area (TPSA) is 43.1 Å². The maximum atomic E-state index is 10.7. The van der Waals surface area contributed by atoms with Gasteiger partial charge in [-0.05, 0) is 18.9 Å². The molecule has 2 nitrogen and oxygen atoms in total. The van der Waals surface area contributed by atoms with Crippen molar-refractivity contribution in [3.63, 3.8) is 0 Å². The maximum Gasteiger partial charge on any atom is 0.244 e. The highest BCUT2D eigenvalue weighted by Gasteiger charge is 1.96. The standard InChI is InChI=1S/C10H15NO/c1-4-6-9(5-2)7-8(3)10(11)12/h4,6-7H,1,5H2,2-3H3,(H2,11,12)/b8-7+,9-6-. The van der Waals surface area contributed by atoms with Crippen LogP contribution in [0.2, 0.25) is 0 Å². The summed E-state index contributed by atoms with van der Waals surface area (Å²) >= 11 is 0. The van der Waals surface area contributed by atoms with E-state index in [4.69, 9.17) is 5.73 Å². The molecule has 1 amide bonds. The van der Waals surface area contributed by atoms with Gasteiger partial charge in [0.15, 0.2) is 0 Å². The molecule has 0 saturated heterocycles. The van der Waals surface area contributed by atoms with Crippen molar-refractivity contribution >= 4 is 5.91 Å². The van der Waals surface area contributed by atoms with Crippen molar-refractivity contribution in [1.29, 1.82) is 0 Å². The van der Waals surface area contributed by atoms with Gasteiger partial charge < -0.3 is 5.73 Å². The lowest BCUT2D eigenvalue weighted by Crippen LogP contribution is -2.11. The van der Waals surface area contributed by atoms with Crippen LogP contribution in [-0.4, -0.2) is 5.91 Å². The minimum absolute atomic E-state index is 0.376. The summed E-state index contributed by atoms with van der Waals surface area (Å²) in [6.45, 7) is 7.30. The lowest BCUT2D eigenvalue weighted by atomic mass is 10.1. The zero-order valence-corrected chi connectivity index (χ0v) is 7.63. The van der Waals surface area contributed by atoms with Gasteiger partial charge in [0.25, 0.3) is 0 Å². The van der Waals surface area contributed by atoms with Gasteiger partial charge in [0.05, 0.1) is 0 Å². The smallest absolute Gasteiger partial charge is 0.244 e. The zero-order valence-electron chi connectivity index (χ0n) is 7.63. The van der Waals surface area contributed by atoms with Crippen molar-refractivity contribution in [2.75, 3.05) is 0 Å². The van der Waals surface area contributed by atoms with Crippen LogP contribution in [0.3, 0.4) is 0 Å². The second kappa shape index (κ2) is 5.35. The van der Waals surface area contributed by atoms with E-state index in [2.05, 4.69) is 6.58 Å². The molecular formula is C10H15NO. The van der Waals surface area contributed by atoms with Crippen molar-refractivity contribution < 1.29 is 4.79 Å². The molecule has 0 aromatic heterocycles. The molecule has 0 atom stereocenters.